The summed E-state index contributed by atoms with van der Waals surface area (Å²) in [5, 5.41) is 1.04. The number of hydrogen-bond donors (Lipinski definition) is 0. The number of para-hydroxylation sites is 1. The molecule has 3 heterocycles. The quantitative estimate of drug-likeness (QED) is 0.340. The third kappa shape index (κ3) is 4.66. The van der Waals surface area contributed by atoms with Crippen molar-refractivity contribution in [1.82, 2.24) is 9.88 Å². The van der Waals surface area contributed by atoms with Gasteiger partial charge in [-0.2, -0.15) is 0 Å². The van der Waals surface area contributed by atoms with Gasteiger partial charge >= 0.3 is 0 Å². The van der Waals surface area contributed by atoms with E-state index in [1.807, 2.05) is 30.3 Å². The summed E-state index contributed by atoms with van der Waals surface area (Å²) in [6.07, 6.45) is 4.19. The van der Waals surface area contributed by atoms with E-state index >= 15 is 0 Å². The molecule has 0 saturated carbocycles. The molecule has 1 aromatic heterocycles. The maximum atomic E-state index is 13.3. The highest BCUT2D eigenvalue weighted by molar-refractivity contribution is 8.26. The fourth-order valence-electron chi connectivity index (χ4n) is 4.25. The molecule has 4 nitrogen and oxygen atoms in total. The molecular weight excluding hydrogens is 453 g/mol. The van der Waals surface area contributed by atoms with Crippen molar-refractivity contribution in [1.29, 1.82) is 0 Å². The molecule has 2 fully saturated rings. The first-order chi connectivity index (χ1) is 16.0. The van der Waals surface area contributed by atoms with Gasteiger partial charge < -0.3 is 4.90 Å². The minimum atomic E-state index is -0.299. The maximum absolute atomic E-state index is 13.3. The lowest BCUT2D eigenvalue weighted by Gasteiger charge is -2.32. The number of thioether (sulfide) groups is 1. The molecule has 5 rings (SSSR count). The number of rotatable bonds is 4. The largest absolute Gasteiger partial charge is 0.356 e. The van der Waals surface area contributed by atoms with Crippen molar-refractivity contribution >= 4 is 57.0 Å². The summed E-state index contributed by atoms with van der Waals surface area (Å²) in [5.74, 6) is 1.21. The van der Waals surface area contributed by atoms with Crippen molar-refractivity contribution in [3.05, 3.63) is 76.4 Å². The smallest absolute Gasteiger partial charge is 0.266 e. The minimum Gasteiger partial charge on any atom is -0.356 e. The van der Waals surface area contributed by atoms with Gasteiger partial charge in [0.1, 0.15) is 16.0 Å². The predicted molar refractivity (Wildman–Crippen MR) is 137 cm³/mol. The summed E-state index contributed by atoms with van der Waals surface area (Å²) in [4.78, 5) is 22.7. The zero-order valence-electron chi connectivity index (χ0n) is 18.3. The molecule has 33 heavy (non-hydrogen) atoms. The zero-order chi connectivity index (χ0) is 22.9. The van der Waals surface area contributed by atoms with Gasteiger partial charge in [0.25, 0.3) is 5.91 Å². The standard InChI is InChI=1S/C26H24FN3OS2/c1-17-10-12-29(13-11-17)24-20(14-19-4-2-3-5-22(19)28-24)15-23-25(31)30(26(32)33-23)16-18-6-8-21(27)9-7-18/h2-9,14-15,17H,10-13,16H2,1H3/b23-15-. The Bertz CT molecular complexity index is 1250. The molecule has 2 aliphatic rings. The Kier molecular flexibility index (Phi) is 6.17. The van der Waals surface area contributed by atoms with Gasteiger partial charge in [0, 0.05) is 24.0 Å². The normalized spacial score (nSPS) is 18.7. The number of carbonyl (C=O) groups excluding carboxylic acids is 1. The molecule has 0 N–H and O–H groups in total. The van der Waals surface area contributed by atoms with Crippen molar-refractivity contribution in [2.75, 3.05) is 18.0 Å². The number of pyridine rings is 1. The molecule has 2 aliphatic heterocycles. The highest BCUT2D eigenvalue weighted by Gasteiger charge is 2.32. The fourth-order valence-corrected chi connectivity index (χ4v) is 5.50. The molecule has 3 aromatic rings. The van der Waals surface area contributed by atoms with Gasteiger partial charge in [0.15, 0.2) is 0 Å². The molecule has 0 unspecified atom stereocenters. The summed E-state index contributed by atoms with van der Waals surface area (Å²) in [7, 11) is 0. The van der Waals surface area contributed by atoms with Gasteiger partial charge in [0.2, 0.25) is 0 Å². The number of thiocarbonyl (C=S) groups is 1. The summed E-state index contributed by atoms with van der Waals surface area (Å²) in [6.45, 7) is 4.53. The SMILES string of the molecule is CC1CCN(c2nc3ccccc3cc2/C=C2\SC(=S)N(Cc3ccc(F)cc3)C2=O)CC1. The van der Waals surface area contributed by atoms with Crippen molar-refractivity contribution in [2.45, 2.75) is 26.3 Å². The van der Waals surface area contributed by atoms with Crippen LogP contribution in [0.15, 0.2) is 59.5 Å². The number of nitrogens with zero attached hydrogens (tertiary/aromatic N) is 3. The number of piperidine rings is 1. The second kappa shape index (κ2) is 9.23. The van der Waals surface area contributed by atoms with E-state index in [0.717, 1.165) is 53.8 Å². The van der Waals surface area contributed by atoms with Crippen LogP contribution in [0.3, 0.4) is 0 Å². The van der Waals surface area contributed by atoms with E-state index in [-0.39, 0.29) is 11.7 Å². The molecule has 0 aliphatic carbocycles. The second-order valence-corrected chi connectivity index (χ2v) is 10.3. The number of aromatic nitrogens is 1. The fraction of sp³-hybridized carbons (Fsp3) is 0.269. The number of carbonyl (C=O) groups is 1. The monoisotopic (exact) mass is 477 g/mol. The number of halogens is 1. The summed E-state index contributed by atoms with van der Waals surface area (Å²) < 4.78 is 13.8. The van der Waals surface area contributed by atoms with Crippen molar-refractivity contribution in [2.24, 2.45) is 5.92 Å². The predicted octanol–water partition coefficient (Wildman–Crippen LogP) is 6.01. The van der Waals surface area contributed by atoms with Crippen molar-refractivity contribution in [3.8, 4) is 0 Å². The first kappa shape index (κ1) is 22.0. The molecule has 7 heteroatoms. The molecule has 168 valence electrons. The van der Waals surface area contributed by atoms with Crippen LogP contribution in [0.2, 0.25) is 0 Å². The third-order valence-electron chi connectivity index (χ3n) is 6.23. The number of benzene rings is 2. The summed E-state index contributed by atoms with van der Waals surface area (Å²) >= 11 is 6.82. The third-order valence-corrected chi connectivity index (χ3v) is 7.61. The van der Waals surface area contributed by atoms with Gasteiger partial charge in [-0.1, -0.05) is 61.2 Å². The average molecular weight is 478 g/mol. The lowest BCUT2D eigenvalue weighted by atomic mass is 9.98. The highest BCUT2D eigenvalue weighted by Crippen LogP contribution is 2.36. The molecule has 0 spiro atoms. The van der Waals surface area contributed by atoms with E-state index in [1.165, 1.54) is 23.9 Å². The Hall–Kier alpha value is -2.77. The first-order valence-electron chi connectivity index (χ1n) is 11.1. The first-order valence-corrected chi connectivity index (χ1v) is 12.3. The Morgan fingerprint density at radius 3 is 2.64 bits per heavy atom. The van der Waals surface area contributed by atoms with Gasteiger partial charge in [-0.05, 0) is 54.7 Å². The van der Waals surface area contributed by atoms with Crippen LogP contribution < -0.4 is 4.90 Å². The Morgan fingerprint density at radius 2 is 1.88 bits per heavy atom. The van der Waals surface area contributed by atoms with Crippen LogP contribution in [0.25, 0.3) is 17.0 Å². The molecule has 0 radical (unpaired) electrons. The van der Waals surface area contributed by atoms with E-state index in [4.69, 9.17) is 17.2 Å². The van der Waals surface area contributed by atoms with Gasteiger partial charge in [-0.25, -0.2) is 9.37 Å². The van der Waals surface area contributed by atoms with Crippen LogP contribution in [0.5, 0.6) is 0 Å². The van der Waals surface area contributed by atoms with E-state index in [0.29, 0.717) is 21.7 Å². The van der Waals surface area contributed by atoms with E-state index < -0.39 is 0 Å². The Balaban J connectivity index is 1.48. The summed E-state index contributed by atoms with van der Waals surface area (Å²) in [5.41, 5.74) is 2.72. The maximum Gasteiger partial charge on any atom is 0.266 e. The molecular formula is C26H24FN3OS2. The molecule has 1 amide bonds. The lowest BCUT2D eigenvalue weighted by molar-refractivity contribution is -0.122. The Labute approximate surface area is 202 Å². The second-order valence-electron chi connectivity index (χ2n) is 8.66. The van der Waals surface area contributed by atoms with E-state index in [9.17, 15) is 9.18 Å². The van der Waals surface area contributed by atoms with Crippen LogP contribution in [0.1, 0.15) is 30.9 Å². The minimum absolute atomic E-state index is 0.124. The van der Waals surface area contributed by atoms with Crippen LogP contribution >= 0.6 is 24.0 Å². The van der Waals surface area contributed by atoms with Gasteiger partial charge in [-0.3, -0.25) is 9.69 Å². The Morgan fingerprint density at radius 1 is 1.15 bits per heavy atom. The summed E-state index contributed by atoms with van der Waals surface area (Å²) in [6, 6.07) is 16.3. The van der Waals surface area contributed by atoms with Crippen LogP contribution in [0, 0.1) is 11.7 Å². The van der Waals surface area contributed by atoms with Crippen molar-refractivity contribution in [3.63, 3.8) is 0 Å². The number of anilines is 1. The lowest BCUT2D eigenvalue weighted by Crippen LogP contribution is -2.34. The highest BCUT2D eigenvalue weighted by atomic mass is 32.2. The molecule has 2 aromatic carbocycles. The zero-order valence-corrected chi connectivity index (χ0v) is 20.0. The van der Waals surface area contributed by atoms with E-state index in [2.05, 4.69) is 17.9 Å². The average Bonchev–Trinajstić information content (AvgIpc) is 3.08. The number of fused-ring (bicyclic) bond motifs is 1. The molecule has 0 atom stereocenters. The van der Waals surface area contributed by atoms with Crippen molar-refractivity contribution < 1.29 is 9.18 Å². The number of amides is 1. The topological polar surface area (TPSA) is 36.4 Å². The molecule has 2 saturated heterocycles. The van der Waals surface area contributed by atoms with Crippen LogP contribution in [-0.4, -0.2) is 33.2 Å². The molecule has 0 bridgehead atoms. The van der Waals surface area contributed by atoms with Gasteiger partial charge in [0.05, 0.1) is 17.0 Å². The van der Waals surface area contributed by atoms with E-state index in [1.54, 1.807) is 17.0 Å². The van der Waals surface area contributed by atoms with Gasteiger partial charge in [-0.15, -0.1) is 0 Å². The number of hydrogen-bond acceptors (Lipinski definition) is 5. The van der Waals surface area contributed by atoms with Crippen LogP contribution in [0.4, 0.5) is 10.2 Å². The van der Waals surface area contributed by atoms with Crippen LogP contribution in [-0.2, 0) is 11.3 Å².